The molecule has 6 heteroatoms. The second kappa shape index (κ2) is 11.5. The fraction of sp³-hybridized carbons (Fsp3) is 0.208. The molecule has 0 radical (unpaired) electrons. The van der Waals surface area contributed by atoms with Gasteiger partial charge in [-0.15, -0.1) is 13.2 Å². The zero-order chi connectivity index (χ0) is 21.9. The molecule has 0 saturated heterocycles. The van der Waals surface area contributed by atoms with Crippen LogP contribution in [0.2, 0.25) is 0 Å². The zero-order valence-electron chi connectivity index (χ0n) is 17.3. The topological polar surface area (TPSA) is 48.0 Å². The fourth-order valence-corrected chi connectivity index (χ4v) is 2.94. The lowest BCUT2D eigenvalue weighted by Crippen LogP contribution is -2.24. The van der Waals surface area contributed by atoms with Gasteiger partial charge in [0.1, 0.15) is 23.7 Å². The normalized spacial score (nSPS) is 10.8. The summed E-state index contributed by atoms with van der Waals surface area (Å²) in [5.41, 5.74) is 2.06. The van der Waals surface area contributed by atoms with Gasteiger partial charge in [-0.05, 0) is 23.3 Å². The van der Waals surface area contributed by atoms with Crippen molar-refractivity contribution in [3.8, 4) is 5.75 Å². The van der Waals surface area contributed by atoms with E-state index in [-0.39, 0.29) is 12.2 Å². The highest BCUT2D eigenvalue weighted by Crippen LogP contribution is 2.26. The summed E-state index contributed by atoms with van der Waals surface area (Å²) < 4.78 is 30.3. The monoisotopic (exact) mass is 411 g/mol. The molecule has 0 aliphatic carbocycles. The fourth-order valence-electron chi connectivity index (χ4n) is 2.94. The summed E-state index contributed by atoms with van der Waals surface area (Å²) >= 11 is 0. The third-order valence-corrected chi connectivity index (χ3v) is 4.30. The van der Waals surface area contributed by atoms with Crippen molar-refractivity contribution in [3.05, 3.63) is 91.0 Å². The number of anilines is 1. The molecule has 0 bridgehead atoms. The molecule has 0 unspecified atom stereocenters. The Hall–Kier alpha value is -3.54. The quantitative estimate of drug-likeness (QED) is 0.231. The summed E-state index contributed by atoms with van der Waals surface area (Å²) in [5.74, 6) is -0.554. The molecule has 158 valence electrons. The highest BCUT2D eigenvalue weighted by molar-refractivity contribution is 6.16. The maximum Gasteiger partial charge on any atom is 0.341 e. The highest BCUT2D eigenvalue weighted by Gasteiger charge is 2.17. The Morgan fingerprint density at radius 2 is 1.80 bits per heavy atom. The lowest BCUT2D eigenvalue weighted by Gasteiger charge is -2.22. The minimum atomic E-state index is -0.524. The van der Waals surface area contributed by atoms with Crippen LogP contribution in [0.15, 0.2) is 74.0 Å². The SMILES string of the molecule is C=CCN(CC=C)c1ccc(OCc2ccccc2/C(=C\OC)C(=O)OC)cc1F. The van der Waals surface area contributed by atoms with Gasteiger partial charge in [-0.25, -0.2) is 9.18 Å². The van der Waals surface area contributed by atoms with E-state index in [1.165, 1.54) is 26.5 Å². The van der Waals surface area contributed by atoms with E-state index in [1.54, 1.807) is 36.4 Å². The summed E-state index contributed by atoms with van der Waals surface area (Å²) in [7, 11) is 2.76. The van der Waals surface area contributed by atoms with Crippen molar-refractivity contribution >= 4 is 17.2 Å². The van der Waals surface area contributed by atoms with E-state index in [9.17, 15) is 9.18 Å². The van der Waals surface area contributed by atoms with Crippen molar-refractivity contribution in [2.45, 2.75) is 6.61 Å². The van der Waals surface area contributed by atoms with Gasteiger partial charge in [0.05, 0.1) is 26.2 Å². The van der Waals surface area contributed by atoms with Gasteiger partial charge in [-0.3, -0.25) is 0 Å². The van der Waals surface area contributed by atoms with Crippen LogP contribution in [-0.2, 0) is 20.9 Å². The number of ether oxygens (including phenoxy) is 3. The van der Waals surface area contributed by atoms with Crippen LogP contribution in [0.25, 0.3) is 5.57 Å². The maximum absolute atomic E-state index is 14.7. The van der Waals surface area contributed by atoms with Crippen LogP contribution >= 0.6 is 0 Å². The second-order valence-electron chi connectivity index (χ2n) is 6.30. The van der Waals surface area contributed by atoms with Gasteiger partial charge in [0.2, 0.25) is 0 Å². The number of benzene rings is 2. The number of rotatable bonds is 11. The van der Waals surface area contributed by atoms with E-state index in [1.807, 2.05) is 17.0 Å². The molecule has 0 aliphatic rings. The molecule has 30 heavy (non-hydrogen) atoms. The molecular weight excluding hydrogens is 385 g/mol. The third kappa shape index (κ3) is 5.73. The molecular formula is C24H26FNO4. The molecule has 0 amide bonds. The van der Waals surface area contributed by atoms with Crippen LogP contribution in [0.5, 0.6) is 5.75 Å². The maximum atomic E-state index is 14.7. The minimum Gasteiger partial charge on any atom is -0.503 e. The molecule has 0 saturated carbocycles. The molecule has 2 aromatic carbocycles. The molecule has 2 rings (SSSR count). The summed E-state index contributed by atoms with van der Waals surface area (Å²) in [4.78, 5) is 13.9. The van der Waals surface area contributed by atoms with Crippen molar-refractivity contribution in [2.24, 2.45) is 0 Å². The molecule has 0 aromatic heterocycles. The van der Waals surface area contributed by atoms with Crippen LogP contribution in [0.1, 0.15) is 11.1 Å². The predicted octanol–water partition coefficient (Wildman–Crippen LogP) is 4.74. The van der Waals surface area contributed by atoms with E-state index in [0.717, 1.165) is 5.56 Å². The Balaban J connectivity index is 2.23. The van der Waals surface area contributed by atoms with E-state index in [0.29, 0.717) is 30.1 Å². The van der Waals surface area contributed by atoms with Crippen molar-refractivity contribution < 1.29 is 23.4 Å². The summed E-state index contributed by atoms with van der Waals surface area (Å²) in [6.45, 7) is 8.54. The largest absolute Gasteiger partial charge is 0.503 e. The Morgan fingerprint density at radius 3 is 2.40 bits per heavy atom. The number of carbonyl (C=O) groups is 1. The molecule has 0 N–H and O–H groups in total. The van der Waals surface area contributed by atoms with Crippen LogP contribution in [0.4, 0.5) is 10.1 Å². The van der Waals surface area contributed by atoms with Crippen LogP contribution in [0.3, 0.4) is 0 Å². The van der Waals surface area contributed by atoms with Gasteiger partial charge in [0, 0.05) is 19.2 Å². The number of esters is 1. The second-order valence-corrected chi connectivity index (χ2v) is 6.30. The van der Waals surface area contributed by atoms with Crippen molar-refractivity contribution in [1.29, 1.82) is 0 Å². The standard InChI is InChI=1S/C24H26FNO4/c1-5-13-26(14-6-2)23-12-11-19(15-22(23)25)30-16-18-9-7-8-10-20(18)21(17-28-3)24(27)29-4/h5-12,15,17H,1-2,13-14,16H2,3-4H3/b21-17+. The summed E-state index contributed by atoms with van der Waals surface area (Å²) in [6, 6.07) is 11.9. The number of hydrogen-bond donors (Lipinski definition) is 0. The molecule has 2 aromatic rings. The molecule has 0 aliphatic heterocycles. The lowest BCUT2D eigenvalue weighted by molar-refractivity contribution is -0.133. The van der Waals surface area contributed by atoms with Gasteiger partial charge in [-0.1, -0.05) is 36.4 Å². The van der Waals surface area contributed by atoms with Crippen LogP contribution in [-0.4, -0.2) is 33.3 Å². The van der Waals surface area contributed by atoms with Gasteiger partial charge in [0.15, 0.2) is 0 Å². The van der Waals surface area contributed by atoms with Crippen LogP contribution in [0, 0.1) is 5.82 Å². The first-order valence-corrected chi connectivity index (χ1v) is 9.34. The summed E-state index contributed by atoms with van der Waals surface area (Å²) in [6.07, 6.45) is 4.74. The number of halogens is 1. The van der Waals surface area contributed by atoms with Gasteiger partial charge < -0.3 is 19.1 Å². The molecule has 0 atom stereocenters. The first kappa shape index (κ1) is 22.7. The van der Waals surface area contributed by atoms with Crippen molar-refractivity contribution in [3.63, 3.8) is 0 Å². The Morgan fingerprint density at radius 1 is 1.10 bits per heavy atom. The first-order valence-electron chi connectivity index (χ1n) is 9.34. The minimum absolute atomic E-state index is 0.135. The molecule has 5 nitrogen and oxygen atoms in total. The predicted molar refractivity (Wildman–Crippen MR) is 117 cm³/mol. The number of carbonyl (C=O) groups excluding carboxylic acids is 1. The third-order valence-electron chi connectivity index (χ3n) is 4.30. The van der Waals surface area contributed by atoms with Crippen molar-refractivity contribution in [1.82, 2.24) is 0 Å². The van der Waals surface area contributed by atoms with Gasteiger partial charge >= 0.3 is 5.97 Å². The van der Waals surface area contributed by atoms with Crippen LogP contribution < -0.4 is 9.64 Å². The first-order chi connectivity index (χ1) is 14.5. The smallest absolute Gasteiger partial charge is 0.341 e. The van der Waals surface area contributed by atoms with Crippen molar-refractivity contribution in [2.75, 3.05) is 32.2 Å². The zero-order valence-corrected chi connectivity index (χ0v) is 17.3. The number of methoxy groups -OCH3 is 2. The Kier molecular flexibility index (Phi) is 8.69. The lowest BCUT2D eigenvalue weighted by atomic mass is 10.0. The van der Waals surface area contributed by atoms with E-state index in [2.05, 4.69) is 13.2 Å². The van der Waals surface area contributed by atoms with Gasteiger partial charge in [0.25, 0.3) is 0 Å². The number of nitrogens with zero attached hydrogens (tertiary/aromatic N) is 1. The van der Waals surface area contributed by atoms with Gasteiger partial charge in [-0.2, -0.15) is 0 Å². The summed E-state index contributed by atoms with van der Waals surface area (Å²) in [5, 5.41) is 0. The molecule has 0 spiro atoms. The van der Waals surface area contributed by atoms with E-state index in [4.69, 9.17) is 14.2 Å². The molecule has 0 fully saturated rings. The molecule has 0 heterocycles. The average molecular weight is 411 g/mol. The number of hydrogen-bond acceptors (Lipinski definition) is 5. The Bertz CT molecular complexity index is 913. The van der Waals surface area contributed by atoms with E-state index >= 15 is 0 Å². The van der Waals surface area contributed by atoms with E-state index < -0.39 is 11.8 Å². The Labute approximate surface area is 176 Å². The highest BCUT2D eigenvalue weighted by atomic mass is 19.1. The average Bonchev–Trinajstić information content (AvgIpc) is 2.76.